The van der Waals surface area contributed by atoms with E-state index in [2.05, 4.69) is 24.1 Å². The van der Waals surface area contributed by atoms with Crippen molar-refractivity contribution in [2.24, 2.45) is 5.41 Å². The van der Waals surface area contributed by atoms with Gasteiger partial charge in [0.05, 0.1) is 7.11 Å². The maximum Gasteiger partial charge on any atom is 0.118 e. The van der Waals surface area contributed by atoms with Crippen LogP contribution in [0.4, 0.5) is 0 Å². The van der Waals surface area contributed by atoms with E-state index in [4.69, 9.17) is 4.74 Å². The largest absolute Gasteiger partial charge is 0.497 e. The van der Waals surface area contributed by atoms with Crippen molar-refractivity contribution in [2.45, 2.75) is 33.1 Å². The molecule has 1 fully saturated rings. The number of hydrogen-bond acceptors (Lipinski definition) is 3. The van der Waals surface area contributed by atoms with Gasteiger partial charge in [-0.1, -0.05) is 26.0 Å². The Morgan fingerprint density at radius 3 is 2.15 bits per heavy atom. The predicted octanol–water partition coefficient (Wildman–Crippen LogP) is 2.97. The van der Waals surface area contributed by atoms with Gasteiger partial charge in [0.1, 0.15) is 5.75 Å². The van der Waals surface area contributed by atoms with Gasteiger partial charge >= 0.3 is 0 Å². The fraction of sp³-hybridized carbons (Fsp3) is 0.647. The lowest BCUT2D eigenvalue weighted by atomic mass is 9.74. The van der Waals surface area contributed by atoms with Crippen molar-refractivity contribution in [1.29, 1.82) is 0 Å². The number of aliphatic hydroxyl groups is 1. The molecule has 3 heteroatoms. The molecule has 2 rings (SSSR count). The molecule has 0 bridgehead atoms. The molecule has 1 heterocycles. The summed E-state index contributed by atoms with van der Waals surface area (Å²) in [5.74, 6) is 0.889. The number of piperidine rings is 1. The third-order valence-corrected chi connectivity index (χ3v) is 4.12. The highest BCUT2D eigenvalue weighted by molar-refractivity contribution is 5.28. The lowest BCUT2D eigenvalue weighted by molar-refractivity contribution is 0.0532. The quantitative estimate of drug-likeness (QED) is 0.919. The number of benzene rings is 1. The van der Waals surface area contributed by atoms with Crippen molar-refractivity contribution in [1.82, 2.24) is 4.90 Å². The first-order valence-corrected chi connectivity index (χ1v) is 7.60. The van der Waals surface area contributed by atoms with Crippen LogP contribution in [0.3, 0.4) is 0 Å². The summed E-state index contributed by atoms with van der Waals surface area (Å²) in [5, 5.41) is 9.75. The van der Waals surface area contributed by atoms with Crippen LogP contribution in [0.5, 0.6) is 5.75 Å². The van der Waals surface area contributed by atoms with Gasteiger partial charge in [0.25, 0.3) is 0 Å². The molecule has 0 atom stereocenters. The van der Waals surface area contributed by atoms with Crippen molar-refractivity contribution in [3.63, 3.8) is 0 Å². The van der Waals surface area contributed by atoms with Gasteiger partial charge in [-0.3, -0.25) is 0 Å². The maximum atomic E-state index is 9.75. The fourth-order valence-electron chi connectivity index (χ4n) is 2.66. The maximum absolute atomic E-state index is 9.75. The van der Waals surface area contributed by atoms with E-state index in [9.17, 15) is 5.11 Å². The zero-order valence-electron chi connectivity index (χ0n) is 13.4. The Hall–Kier alpha value is -1.06. The van der Waals surface area contributed by atoms with E-state index < -0.39 is 0 Å². The summed E-state index contributed by atoms with van der Waals surface area (Å²) >= 11 is 0. The fourth-order valence-corrected chi connectivity index (χ4v) is 2.66. The number of hydrogen-bond donors (Lipinski definition) is 1. The van der Waals surface area contributed by atoms with Crippen molar-refractivity contribution in [3.8, 4) is 5.75 Å². The molecule has 1 saturated heterocycles. The van der Waals surface area contributed by atoms with Crippen molar-refractivity contribution in [3.05, 3.63) is 29.8 Å². The molecule has 1 N–H and O–H groups in total. The number of ether oxygens (including phenoxy) is 1. The van der Waals surface area contributed by atoms with E-state index in [1.54, 1.807) is 7.11 Å². The Balaban J connectivity index is 0.000000956. The number of nitrogens with zero attached hydrogens (tertiary/aromatic N) is 1. The average molecular weight is 279 g/mol. The predicted molar refractivity (Wildman–Crippen MR) is 84.3 cm³/mol. The van der Waals surface area contributed by atoms with Crippen LogP contribution in [0.2, 0.25) is 0 Å². The molecule has 1 aromatic carbocycles. The Labute approximate surface area is 123 Å². The Morgan fingerprint density at radius 1 is 1.15 bits per heavy atom. The van der Waals surface area contributed by atoms with Crippen LogP contribution in [0.25, 0.3) is 0 Å². The van der Waals surface area contributed by atoms with Gasteiger partial charge in [-0.2, -0.15) is 0 Å². The number of rotatable bonds is 4. The topological polar surface area (TPSA) is 32.7 Å². The first-order chi connectivity index (χ1) is 9.67. The monoisotopic (exact) mass is 279 g/mol. The van der Waals surface area contributed by atoms with Gasteiger partial charge in [0, 0.05) is 6.61 Å². The normalized spacial score (nSPS) is 18.1. The summed E-state index contributed by atoms with van der Waals surface area (Å²) < 4.78 is 5.17. The first kappa shape index (κ1) is 17.0. The summed E-state index contributed by atoms with van der Waals surface area (Å²) in [5.41, 5.74) is 1.36. The van der Waals surface area contributed by atoms with E-state index in [1.165, 1.54) is 5.56 Å². The first-order valence-electron chi connectivity index (χ1n) is 7.60. The van der Waals surface area contributed by atoms with Gasteiger partial charge < -0.3 is 14.7 Å². The van der Waals surface area contributed by atoms with Crippen LogP contribution < -0.4 is 4.74 Å². The summed E-state index contributed by atoms with van der Waals surface area (Å²) in [6, 6.07) is 8.20. The van der Waals surface area contributed by atoms with E-state index >= 15 is 0 Å². The van der Waals surface area contributed by atoms with E-state index in [0.717, 1.165) is 38.1 Å². The highest BCUT2D eigenvalue weighted by atomic mass is 16.5. The van der Waals surface area contributed by atoms with Crippen LogP contribution in [-0.4, -0.2) is 43.9 Å². The van der Waals surface area contributed by atoms with Crippen LogP contribution in [-0.2, 0) is 6.42 Å². The second-order valence-corrected chi connectivity index (χ2v) is 5.49. The van der Waals surface area contributed by atoms with E-state index in [-0.39, 0.29) is 12.0 Å². The third kappa shape index (κ3) is 4.50. The zero-order chi connectivity index (χ0) is 15.0. The lowest BCUT2D eigenvalue weighted by Crippen LogP contribution is -2.41. The van der Waals surface area contributed by atoms with Crippen LogP contribution in [0.1, 0.15) is 32.3 Å². The van der Waals surface area contributed by atoms with Gasteiger partial charge in [0.15, 0.2) is 0 Å². The minimum atomic E-state index is 0.0705. The second-order valence-electron chi connectivity index (χ2n) is 5.49. The molecule has 20 heavy (non-hydrogen) atoms. The average Bonchev–Trinajstić information content (AvgIpc) is 2.53. The summed E-state index contributed by atoms with van der Waals surface area (Å²) in [6.07, 6.45) is 3.11. The molecule has 1 aliphatic heterocycles. The molecule has 3 nitrogen and oxygen atoms in total. The van der Waals surface area contributed by atoms with E-state index in [1.807, 2.05) is 26.0 Å². The Kier molecular flexibility index (Phi) is 7.03. The zero-order valence-corrected chi connectivity index (χ0v) is 13.4. The highest BCUT2D eigenvalue weighted by Crippen LogP contribution is 2.34. The molecule has 0 saturated carbocycles. The van der Waals surface area contributed by atoms with Gasteiger partial charge in [-0.15, -0.1) is 0 Å². The van der Waals surface area contributed by atoms with Crippen molar-refractivity contribution < 1.29 is 9.84 Å². The van der Waals surface area contributed by atoms with Crippen molar-refractivity contribution in [2.75, 3.05) is 33.9 Å². The molecule has 0 aromatic heterocycles. The summed E-state index contributed by atoms with van der Waals surface area (Å²) in [4.78, 5) is 2.34. The molecule has 1 aromatic rings. The molecular formula is C17H29NO2. The molecule has 1 aliphatic rings. The van der Waals surface area contributed by atoms with Gasteiger partial charge in [0.2, 0.25) is 0 Å². The Morgan fingerprint density at radius 2 is 1.70 bits per heavy atom. The molecule has 0 aliphatic carbocycles. The van der Waals surface area contributed by atoms with Crippen molar-refractivity contribution >= 4 is 0 Å². The minimum absolute atomic E-state index is 0.0705. The van der Waals surface area contributed by atoms with Crippen LogP contribution in [0.15, 0.2) is 24.3 Å². The molecule has 0 amide bonds. The van der Waals surface area contributed by atoms with Gasteiger partial charge in [-0.25, -0.2) is 0 Å². The van der Waals surface area contributed by atoms with E-state index in [0.29, 0.717) is 0 Å². The lowest BCUT2D eigenvalue weighted by Gasteiger charge is -2.39. The van der Waals surface area contributed by atoms with Crippen LogP contribution >= 0.6 is 0 Å². The highest BCUT2D eigenvalue weighted by Gasteiger charge is 2.33. The Bertz CT molecular complexity index is 367. The number of aliphatic hydroxyl groups excluding tert-OH is 1. The number of methoxy groups -OCH3 is 1. The molecule has 0 spiro atoms. The second kappa shape index (κ2) is 8.28. The summed E-state index contributed by atoms with van der Waals surface area (Å²) in [7, 11) is 3.83. The minimum Gasteiger partial charge on any atom is -0.497 e. The number of likely N-dealkylation sites (tertiary alicyclic amines) is 1. The molecule has 0 radical (unpaired) electrons. The van der Waals surface area contributed by atoms with Gasteiger partial charge in [-0.05, 0) is 62.5 Å². The molecule has 114 valence electrons. The molecule has 0 unspecified atom stereocenters. The third-order valence-electron chi connectivity index (χ3n) is 4.12. The molecular weight excluding hydrogens is 250 g/mol. The smallest absolute Gasteiger partial charge is 0.118 e. The summed E-state index contributed by atoms with van der Waals surface area (Å²) in [6.45, 7) is 6.44. The van der Waals surface area contributed by atoms with Crippen LogP contribution in [0, 0.1) is 5.41 Å². The standard InChI is InChI=1S/C15H23NO2.C2H6/c1-16-9-7-15(12-17,8-10-16)11-13-3-5-14(18-2)6-4-13;1-2/h3-6,17H,7-12H2,1-2H3;1-2H3. The SMILES string of the molecule is CC.COc1ccc(CC2(CO)CCN(C)CC2)cc1.